The van der Waals surface area contributed by atoms with Crippen LogP contribution in [-0.2, 0) is 13.1 Å². The minimum Gasteiger partial charge on any atom is -0.311 e. The van der Waals surface area contributed by atoms with Crippen molar-refractivity contribution in [1.82, 2.24) is 9.47 Å². The normalized spacial score (nSPS) is 20.5. The summed E-state index contributed by atoms with van der Waals surface area (Å²) < 4.78 is 2.07. The molecule has 2 atom stereocenters. The third kappa shape index (κ3) is 3.39. The topological polar surface area (TPSA) is 25.2 Å². The Morgan fingerprint density at radius 1 is 0.774 bits per heavy atom. The van der Waals surface area contributed by atoms with Crippen molar-refractivity contribution in [2.45, 2.75) is 25.4 Å². The summed E-state index contributed by atoms with van der Waals surface area (Å²) in [5.41, 5.74) is 4.57. The Morgan fingerprint density at radius 2 is 1.58 bits per heavy atom. The van der Waals surface area contributed by atoms with E-state index < -0.39 is 0 Å². The molecule has 2 bridgehead atoms. The first-order valence-electron chi connectivity index (χ1n) is 11.2. The van der Waals surface area contributed by atoms with Crippen LogP contribution in [0.4, 0.5) is 0 Å². The molecule has 154 valence electrons. The number of pyridine rings is 1. The lowest BCUT2D eigenvalue weighted by atomic mass is 9.82. The number of hydrogen-bond acceptors (Lipinski definition) is 2. The molecule has 1 aromatic heterocycles. The maximum atomic E-state index is 13.5. The molecule has 0 unspecified atom stereocenters. The molecule has 4 aromatic rings. The minimum absolute atomic E-state index is 0.166. The van der Waals surface area contributed by atoms with Gasteiger partial charge in [-0.2, -0.15) is 0 Å². The molecule has 2 aliphatic heterocycles. The molecule has 0 amide bonds. The van der Waals surface area contributed by atoms with E-state index in [-0.39, 0.29) is 5.56 Å². The zero-order chi connectivity index (χ0) is 20.8. The number of benzene rings is 3. The summed E-state index contributed by atoms with van der Waals surface area (Å²) >= 11 is 0. The molecule has 0 radical (unpaired) electrons. The summed E-state index contributed by atoms with van der Waals surface area (Å²) in [7, 11) is 0. The third-order valence-electron chi connectivity index (χ3n) is 6.99. The van der Waals surface area contributed by atoms with Crippen LogP contribution in [0.1, 0.15) is 23.6 Å². The van der Waals surface area contributed by atoms with Gasteiger partial charge < -0.3 is 4.57 Å². The molecular weight excluding hydrogens is 380 g/mol. The Hall–Kier alpha value is -3.17. The van der Waals surface area contributed by atoms with Crippen LogP contribution in [0.3, 0.4) is 0 Å². The summed E-state index contributed by atoms with van der Waals surface area (Å²) in [6.07, 6.45) is 1.19. The highest BCUT2D eigenvalue weighted by molar-refractivity contribution is 5.87. The lowest BCUT2D eigenvalue weighted by Gasteiger charge is -2.43. The van der Waals surface area contributed by atoms with E-state index in [0.29, 0.717) is 11.8 Å². The number of nitrogens with zero attached hydrogens (tertiary/aromatic N) is 2. The van der Waals surface area contributed by atoms with Gasteiger partial charge in [-0.3, -0.25) is 9.69 Å². The second-order valence-corrected chi connectivity index (χ2v) is 9.13. The second-order valence-electron chi connectivity index (χ2n) is 9.13. The molecule has 0 aliphatic carbocycles. The molecule has 3 heteroatoms. The van der Waals surface area contributed by atoms with Gasteiger partial charge in [-0.15, -0.1) is 0 Å². The van der Waals surface area contributed by atoms with E-state index in [1.807, 2.05) is 6.07 Å². The zero-order valence-electron chi connectivity index (χ0n) is 17.6. The Bertz CT molecular complexity index is 1310. The van der Waals surface area contributed by atoms with Crippen LogP contribution in [0.5, 0.6) is 0 Å². The molecule has 31 heavy (non-hydrogen) atoms. The van der Waals surface area contributed by atoms with Gasteiger partial charge in [0.1, 0.15) is 0 Å². The fraction of sp³-hybridized carbons (Fsp3) is 0.250. The molecule has 3 heterocycles. The number of hydrogen-bond donors (Lipinski definition) is 0. The van der Waals surface area contributed by atoms with Crippen molar-refractivity contribution in [1.29, 1.82) is 0 Å². The average molecular weight is 407 g/mol. The predicted octanol–water partition coefficient (Wildman–Crippen LogP) is 5.29. The van der Waals surface area contributed by atoms with Gasteiger partial charge in [0.2, 0.25) is 0 Å². The van der Waals surface area contributed by atoms with Gasteiger partial charge in [0.15, 0.2) is 0 Å². The van der Waals surface area contributed by atoms with E-state index in [1.54, 1.807) is 0 Å². The van der Waals surface area contributed by atoms with Gasteiger partial charge in [-0.05, 0) is 52.4 Å². The Labute approximate surface area is 182 Å². The van der Waals surface area contributed by atoms with Crippen molar-refractivity contribution < 1.29 is 0 Å². The van der Waals surface area contributed by atoms with Crippen molar-refractivity contribution in [3.8, 4) is 11.1 Å². The van der Waals surface area contributed by atoms with Crippen molar-refractivity contribution in [3.63, 3.8) is 0 Å². The maximum Gasteiger partial charge on any atom is 0.258 e. The Morgan fingerprint density at radius 3 is 2.45 bits per heavy atom. The van der Waals surface area contributed by atoms with Gasteiger partial charge in [0.05, 0.1) is 0 Å². The summed E-state index contributed by atoms with van der Waals surface area (Å²) in [5, 5.41) is 2.38. The van der Waals surface area contributed by atoms with Crippen molar-refractivity contribution in [3.05, 3.63) is 107 Å². The maximum absolute atomic E-state index is 13.5. The monoisotopic (exact) mass is 406 g/mol. The molecule has 1 fully saturated rings. The molecule has 3 nitrogen and oxygen atoms in total. The molecule has 0 N–H and O–H groups in total. The lowest BCUT2D eigenvalue weighted by molar-refractivity contribution is 0.114. The molecular formula is C28H26N2O. The lowest BCUT2D eigenvalue weighted by Crippen LogP contribution is -2.46. The molecule has 3 aromatic carbocycles. The van der Waals surface area contributed by atoms with Gasteiger partial charge in [-0.1, -0.05) is 66.7 Å². The highest BCUT2D eigenvalue weighted by Crippen LogP contribution is 2.36. The number of likely N-dealkylation sites (tertiary alicyclic amines) is 1. The largest absolute Gasteiger partial charge is 0.311 e. The van der Waals surface area contributed by atoms with E-state index >= 15 is 0 Å². The van der Waals surface area contributed by atoms with Crippen LogP contribution in [0, 0.1) is 5.92 Å². The second kappa shape index (κ2) is 7.51. The summed E-state index contributed by atoms with van der Waals surface area (Å²) in [5.74, 6) is 0.981. The van der Waals surface area contributed by atoms with E-state index in [1.165, 1.54) is 28.5 Å². The van der Waals surface area contributed by atoms with Gasteiger partial charge in [-0.25, -0.2) is 0 Å². The summed E-state index contributed by atoms with van der Waals surface area (Å²) in [6.45, 7) is 3.92. The van der Waals surface area contributed by atoms with Crippen molar-refractivity contribution in [2.75, 3.05) is 13.1 Å². The standard InChI is InChI=1S/C28H26N2O/c31-28-26(24-11-10-22-8-4-5-9-23(22)15-24)12-13-27-25-14-21(18-30(27)28)17-29(19-25)16-20-6-2-1-3-7-20/h1-13,15,21,25H,14,16-19H2/t21-,25-/m1/s1. The van der Waals surface area contributed by atoms with Crippen LogP contribution in [0.2, 0.25) is 0 Å². The van der Waals surface area contributed by atoms with E-state index in [2.05, 4.69) is 88.3 Å². The highest BCUT2D eigenvalue weighted by atomic mass is 16.1. The molecule has 0 saturated carbocycles. The predicted molar refractivity (Wildman–Crippen MR) is 126 cm³/mol. The first-order valence-corrected chi connectivity index (χ1v) is 11.2. The number of fused-ring (bicyclic) bond motifs is 5. The van der Waals surface area contributed by atoms with Crippen LogP contribution >= 0.6 is 0 Å². The van der Waals surface area contributed by atoms with Crippen LogP contribution in [0.15, 0.2) is 89.7 Å². The molecule has 6 rings (SSSR count). The fourth-order valence-electron chi connectivity index (χ4n) is 5.59. The fourth-order valence-corrected chi connectivity index (χ4v) is 5.59. The first kappa shape index (κ1) is 18.6. The third-order valence-corrected chi connectivity index (χ3v) is 6.99. The molecule has 0 spiro atoms. The van der Waals surface area contributed by atoms with Gasteiger partial charge >= 0.3 is 0 Å². The summed E-state index contributed by atoms with van der Waals surface area (Å²) in [4.78, 5) is 16.1. The molecule has 1 saturated heterocycles. The number of aromatic nitrogens is 1. The van der Waals surface area contributed by atoms with E-state index in [9.17, 15) is 4.79 Å². The average Bonchev–Trinajstić information content (AvgIpc) is 2.80. The SMILES string of the molecule is O=c1c(-c2ccc3ccccc3c2)ccc2n1C[C@@H]1C[C@@H]2CN(Cc2ccccc2)C1. The quantitative estimate of drug-likeness (QED) is 0.462. The van der Waals surface area contributed by atoms with E-state index in [0.717, 1.165) is 37.3 Å². The highest BCUT2D eigenvalue weighted by Gasteiger charge is 2.34. The van der Waals surface area contributed by atoms with Crippen molar-refractivity contribution in [2.24, 2.45) is 5.92 Å². The first-order chi connectivity index (χ1) is 15.2. The van der Waals surface area contributed by atoms with E-state index in [4.69, 9.17) is 0 Å². The minimum atomic E-state index is 0.166. The van der Waals surface area contributed by atoms with Crippen molar-refractivity contribution >= 4 is 10.8 Å². The van der Waals surface area contributed by atoms with Crippen LogP contribution in [-0.4, -0.2) is 22.6 Å². The number of rotatable bonds is 3. The van der Waals surface area contributed by atoms with Gasteiger partial charge in [0, 0.05) is 43.4 Å². The summed E-state index contributed by atoms with van der Waals surface area (Å²) in [6, 6.07) is 29.6. The number of piperidine rings is 1. The Kier molecular flexibility index (Phi) is 4.50. The van der Waals surface area contributed by atoms with Crippen LogP contribution in [0.25, 0.3) is 21.9 Å². The Balaban J connectivity index is 1.32. The zero-order valence-corrected chi connectivity index (χ0v) is 17.6. The molecule has 2 aliphatic rings. The smallest absolute Gasteiger partial charge is 0.258 e. The van der Waals surface area contributed by atoms with Crippen LogP contribution < -0.4 is 5.56 Å². The van der Waals surface area contributed by atoms with Gasteiger partial charge in [0.25, 0.3) is 5.56 Å².